The van der Waals surface area contributed by atoms with E-state index in [9.17, 15) is 0 Å². The quantitative estimate of drug-likeness (QED) is 0.763. The molecule has 0 aliphatic rings. The maximum atomic E-state index is 6.19. The Kier molecular flexibility index (Phi) is 5.63. The molecule has 2 aromatic carbocycles. The first kappa shape index (κ1) is 14.6. The Morgan fingerprint density at radius 1 is 1.00 bits per heavy atom. The molecule has 0 aliphatic heterocycles. The first-order chi connectivity index (χ1) is 9.79. The van der Waals surface area contributed by atoms with Crippen molar-refractivity contribution in [2.75, 3.05) is 6.54 Å². The van der Waals surface area contributed by atoms with Crippen LogP contribution in [0.5, 0.6) is 5.75 Å². The van der Waals surface area contributed by atoms with E-state index >= 15 is 0 Å². The minimum Gasteiger partial charge on any atom is -0.486 e. The van der Waals surface area contributed by atoms with Crippen molar-refractivity contribution in [3.8, 4) is 5.75 Å². The molecule has 1 unspecified atom stereocenters. The second-order valence-electron chi connectivity index (χ2n) is 5.12. The molecule has 0 radical (unpaired) electrons. The molecule has 20 heavy (non-hydrogen) atoms. The first-order valence-corrected chi connectivity index (χ1v) is 7.28. The lowest BCUT2D eigenvalue weighted by atomic mass is 10.0. The average Bonchev–Trinajstić information content (AvgIpc) is 2.47. The Bertz CT molecular complexity index is 510. The third kappa shape index (κ3) is 4.39. The molecule has 2 heteroatoms. The SMILES string of the molecule is Cc1cccc(OC(CCCCN)c2ccccc2)c1. The lowest BCUT2D eigenvalue weighted by Gasteiger charge is -2.20. The molecule has 0 bridgehead atoms. The Labute approximate surface area is 121 Å². The van der Waals surface area contributed by atoms with Gasteiger partial charge in [-0.3, -0.25) is 0 Å². The largest absolute Gasteiger partial charge is 0.486 e. The minimum absolute atomic E-state index is 0.101. The molecule has 2 nitrogen and oxygen atoms in total. The van der Waals surface area contributed by atoms with Crippen LogP contribution >= 0.6 is 0 Å². The van der Waals surface area contributed by atoms with Crippen molar-refractivity contribution >= 4 is 0 Å². The molecule has 0 aliphatic carbocycles. The van der Waals surface area contributed by atoms with Gasteiger partial charge in [0.25, 0.3) is 0 Å². The van der Waals surface area contributed by atoms with E-state index in [4.69, 9.17) is 10.5 Å². The van der Waals surface area contributed by atoms with Crippen LogP contribution in [0.3, 0.4) is 0 Å². The highest BCUT2D eigenvalue weighted by Crippen LogP contribution is 2.26. The third-order valence-electron chi connectivity index (χ3n) is 3.36. The van der Waals surface area contributed by atoms with Crippen LogP contribution in [0.25, 0.3) is 0 Å². The van der Waals surface area contributed by atoms with Crippen molar-refractivity contribution in [1.29, 1.82) is 0 Å². The summed E-state index contributed by atoms with van der Waals surface area (Å²) in [7, 11) is 0. The fourth-order valence-corrected chi connectivity index (χ4v) is 2.29. The predicted molar refractivity (Wildman–Crippen MR) is 83.9 cm³/mol. The molecule has 2 aromatic rings. The summed E-state index contributed by atoms with van der Waals surface area (Å²) < 4.78 is 6.19. The van der Waals surface area contributed by atoms with Crippen LogP contribution in [-0.4, -0.2) is 6.54 Å². The minimum atomic E-state index is 0.101. The first-order valence-electron chi connectivity index (χ1n) is 7.28. The van der Waals surface area contributed by atoms with Gasteiger partial charge < -0.3 is 10.5 Å². The molecule has 106 valence electrons. The number of hydrogen-bond acceptors (Lipinski definition) is 2. The van der Waals surface area contributed by atoms with E-state index in [1.807, 2.05) is 18.2 Å². The van der Waals surface area contributed by atoms with Gasteiger partial charge in [-0.2, -0.15) is 0 Å². The number of rotatable bonds is 7. The standard InChI is InChI=1S/C18H23NO/c1-15-8-7-11-17(14-15)20-18(12-5-6-13-19)16-9-3-2-4-10-16/h2-4,7-11,14,18H,5-6,12-13,19H2,1H3. The monoisotopic (exact) mass is 269 g/mol. The van der Waals surface area contributed by atoms with E-state index < -0.39 is 0 Å². The summed E-state index contributed by atoms with van der Waals surface area (Å²) in [5, 5.41) is 0. The van der Waals surface area contributed by atoms with E-state index in [2.05, 4.69) is 43.3 Å². The summed E-state index contributed by atoms with van der Waals surface area (Å²) in [5.41, 5.74) is 8.03. The Morgan fingerprint density at radius 2 is 1.80 bits per heavy atom. The van der Waals surface area contributed by atoms with Gasteiger partial charge in [0.1, 0.15) is 11.9 Å². The van der Waals surface area contributed by atoms with Gasteiger partial charge in [0, 0.05) is 0 Å². The second-order valence-corrected chi connectivity index (χ2v) is 5.12. The van der Waals surface area contributed by atoms with Crippen molar-refractivity contribution in [1.82, 2.24) is 0 Å². The highest BCUT2D eigenvalue weighted by atomic mass is 16.5. The molecule has 0 saturated carbocycles. The van der Waals surface area contributed by atoms with Crippen molar-refractivity contribution in [3.63, 3.8) is 0 Å². The van der Waals surface area contributed by atoms with E-state index in [1.165, 1.54) is 11.1 Å². The number of unbranched alkanes of at least 4 members (excludes halogenated alkanes) is 1. The fourth-order valence-electron chi connectivity index (χ4n) is 2.29. The zero-order chi connectivity index (χ0) is 14.2. The molecule has 0 heterocycles. The highest BCUT2D eigenvalue weighted by molar-refractivity contribution is 5.29. The molecular formula is C18H23NO. The molecule has 0 saturated heterocycles. The van der Waals surface area contributed by atoms with E-state index in [0.717, 1.165) is 31.6 Å². The lowest BCUT2D eigenvalue weighted by molar-refractivity contribution is 0.191. The molecule has 1 atom stereocenters. The van der Waals surface area contributed by atoms with Crippen LogP contribution in [0, 0.1) is 6.92 Å². The summed E-state index contributed by atoms with van der Waals surface area (Å²) >= 11 is 0. The highest BCUT2D eigenvalue weighted by Gasteiger charge is 2.12. The molecule has 2 rings (SSSR count). The summed E-state index contributed by atoms with van der Waals surface area (Å²) in [5.74, 6) is 0.937. The summed E-state index contributed by atoms with van der Waals surface area (Å²) in [6.07, 6.45) is 3.22. The van der Waals surface area contributed by atoms with Gasteiger partial charge in [-0.1, -0.05) is 42.5 Å². The summed E-state index contributed by atoms with van der Waals surface area (Å²) in [6, 6.07) is 18.6. The second kappa shape index (κ2) is 7.71. The van der Waals surface area contributed by atoms with Crippen molar-refractivity contribution in [3.05, 3.63) is 65.7 Å². The van der Waals surface area contributed by atoms with Crippen LogP contribution in [0.4, 0.5) is 0 Å². The molecular weight excluding hydrogens is 246 g/mol. The topological polar surface area (TPSA) is 35.2 Å². The normalized spacial score (nSPS) is 12.1. The lowest BCUT2D eigenvalue weighted by Crippen LogP contribution is -2.09. The van der Waals surface area contributed by atoms with Crippen LogP contribution in [0.15, 0.2) is 54.6 Å². The number of hydrogen-bond donors (Lipinski definition) is 1. The third-order valence-corrected chi connectivity index (χ3v) is 3.36. The van der Waals surface area contributed by atoms with Gasteiger partial charge in [0.2, 0.25) is 0 Å². The van der Waals surface area contributed by atoms with Crippen molar-refractivity contribution < 1.29 is 4.74 Å². The smallest absolute Gasteiger partial charge is 0.124 e. The van der Waals surface area contributed by atoms with Gasteiger partial charge >= 0.3 is 0 Å². The van der Waals surface area contributed by atoms with Crippen LogP contribution in [-0.2, 0) is 0 Å². The average molecular weight is 269 g/mol. The van der Waals surface area contributed by atoms with Gasteiger partial charge in [0.15, 0.2) is 0 Å². The van der Waals surface area contributed by atoms with Crippen molar-refractivity contribution in [2.45, 2.75) is 32.3 Å². The summed E-state index contributed by atoms with van der Waals surface area (Å²) in [6.45, 7) is 2.82. The Hall–Kier alpha value is -1.80. The van der Waals surface area contributed by atoms with Crippen LogP contribution in [0.2, 0.25) is 0 Å². The van der Waals surface area contributed by atoms with E-state index in [-0.39, 0.29) is 6.10 Å². The predicted octanol–water partition coefficient (Wildman–Crippen LogP) is 4.24. The molecule has 2 N–H and O–H groups in total. The maximum absolute atomic E-state index is 6.19. The molecule has 0 fully saturated rings. The van der Waals surface area contributed by atoms with Crippen molar-refractivity contribution in [2.24, 2.45) is 5.73 Å². The Morgan fingerprint density at radius 3 is 2.50 bits per heavy atom. The zero-order valence-electron chi connectivity index (χ0n) is 12.1. The fraction of sp³-hybridized carbons (Fsp3) is 0.333. The maximum Gasteiger partial charge on any atom is 0.124 e. The van der Waals surface area contributed by atoms with E-state index in [1.54, 1.807) is 0 Å². The molecule has 0 aromatic heterocycles. The van der Waals surface area contributed by atoms with Gasteiger partial charge in [-0.05, 0) is 56.0 Å². The molecule has 0 amide bonds. The Balaban J connectivity index is 2.10. The number of nitrogens with two attached hydrogens (primary N) is 1. The number of benzene rings is 2. The molecule has 0 spiro atoms. The van der Waals surface area contributed by atoms with Gasteiger partial charge in [-0.15, -0.1) is 0 Å². The van der Waals surface area contributed by atoms with Gasteiger partial charge in [-0.25, -0.2) is 0 Å². The zero-order valence-corrected chi connectivity index (χ0v) is 12.1. The van der Waals surface area contributed by atoms with Crippen LogP contribution in [0.1, 0.15) is 36.5 Å². The van der Waals surface area contributed by atoms with Crippen LogP contribution < -0.4 is 10.5 Å². The van der Waals surface area contributed by atoms with E-state index in [0.29, 0.717) is 0 Å². The summed E-state index contributed by atoms with van der Waals surface area (Å²) in [4.78, 5) is 0. The number of ether oxygens (including phenoxy) is 1. The van der Waals surface area contributed by atoms with Gasteiger partial charge in [0.05, 0.1) is 0 Å². The number of aryl methyl sites for hydroxylation is 1.